The minimum absolute atomic E-state index is 0.0795. The number of ether oxygens (including phenoxy) is 1. The van der Waals surface area contributed by atoms with Crippen molar-refractivity contribution in [1.29, 1.82) is 0 Å². The van der Waals surface area contributed by atoms with Gasteiger partial charge in [0.05, 0.1) is 22.4 Å². The van der Waals surface area contributed by atoms with Crippen LogP contribution >= 0.6 is 24.0 Å². The van der Waals surface area contributed by atoms with E-state index in [9.17, 15) is 9.59 Å². The molecule has 0 fully saturated rings. The van der Waals surface area contributed by atoms with Crippen LogP contribution in [0.2, 0.25) is 0 Å². The second-order valence-electron chi connectivity index (χ2n) is 8.66. The molecule has 0 spiro atoms. The molecule has 8 nitrogen and oxygen atoms in total. The molecule has 190 valence electrons. The van der Waals surface area contributed by atoms with Gasteiger partial charge in [-0.05, 0) is 67.5 Å². The molecule has 0 saturated carbocycles. The summed E-state index contributed by atoms with van der Waals surface area (Å²) in [5, 5.41) is 6.62. The zero-order chi connectivity index (χ0) is 25.8. The molecule has 0 aliphatic carbocycles. The topological polar surface area (TPSA) is 110 Å². The summed E-state index contributed by atoms with van der Waals surface area (Å²) in [5.74, 6) is 1.91. The van der Waals surface area contributed by atoms with Crippen LogP contribution < -0.4 is 26.0 Å². The van der Waals surface area contributed by atoms with Gasteiger partial charge in [-0.25, -0.2) is 9.78 Å². The van der Waals surface area contributed by atoms with Crippen molar-refractivity contribution in [3.05, 3.63) is 71.7 Å². The van der Waals surface area contributed by atoms with E-state index in [0.717, 1.165) is 36.2 Å². The highest BCUT2D eigenvalue weighted by Gasteiger charge is 2.32. The highest BCUT2D eigenvalue weighted by atomic mass is 32.1. The number of benzene rings is 2. The molecule has 1 aliphatic heterocycles. The van der Waals surface area contributed by atoms with Crippen LogP contribution in [0.4, 0.5) is 21.9 Å². The number of anilines is 3. The van der Waals surface area contributed by atoms with Gasteiger partial charge in [0.25, 0.3) is 5.91 Å². The second kappa shape index (κ2) is 11.2. The first-order valence-corrected chi connectivity index (χ1v) is 13.5. The van der Waals surface area contributed by atoms with Gasteiger partial charge >= 0.3 is 6.03 Å². The van der Waals surface area contributed by atoms with Crippen LogP contribution in [-0.4, -0.2) is 35.3 Å². The van der Waals surface area contributed by atoms with Crippen LogP contribution in [0.3, 0.4) is 0 Å². The van der Waals surface area contributed by atoms with Gasteiger partial charge in [0.2, 0.25) is 0 Å². The lowest BCUT2D eigenvalue weighted by molar-refractivity contribution is 0.0957. The van der Waals surface area contributed by atoms with E-state index in [2.05, 4.69) is 28.2 Å². The molecule has 5 rings (SSSR count). The van der Waals surface area contributed by atoms with Crippen molar-refractivity contribution in [3.8, 4) is 11.5 Å². The van der Waals surface area contributed by atoms with Crippen LogP contribution in [0.1, 0.15) is 28.9 Å². The number of nitrogens with two attached hydrogens (primary N) is 1. The molecule has 3 heterocycles. The molecule has 4 N–H and O–H groups in total. The first kappa shape index (κ1) is 25.1. The number of para-hydroxylation sites is 1. The van der Waals surface area contributed by atoms with Crippen molar-refractivity contribution in [3.63, 3.8) is 0 Å². The van der Waals surface area contributed by atoms with E-state index >= 15 is 0 Å². The van der Waals surface area contributed by atoms with Gasteiger partial charge in [-0.1, -0.05) is 18.2 Å². The van der Waals surface area contributed by atoms with Crippen molar-refractivity contribution in [2.45, 2.75) is 25.3 Å². The number of rotatable bonds is 10. The van der Waals surface area contributed by atoms with E-state index in [1.807, 2.05) is 54.6 Å². The molecule has 4 aromatic rings. The average molecular weight is 534 g/mol. The molecule has 1 aliphatic rings. The third-order valence-corrected chi connectivity index (χ3v) is 7.42. The monoisotopic (exact) mass is 533 g/mol. The molecule has 2 aromatic carbocycles. The largest absolute Gasteiger partial charge is 0.457 e. The van der Waals surface area contributed by atoms with E-state index in [0.29, 0.717) is 39.1 Å². The lowest BCUT2D eigenvalue weighted by Gasteiger charge is -2.28. The normalized spacial score (nSPS) is 13.4. The Morgan fingerprint density at radius 1 is 1.11 bits per heavy atom. The summed E-state index contributed by atoms with van der Waals surface area (Å²) in [4.78, 5) is 33.4. The summed E-state index contributed by atoms with van der Waals surface area (Å²) < 4.78 is 5.87. The Bertz CT molecular complexity index is 1410. The third kappa shape index (κ3) is 5.41. The summed E-state index contributed by atoms with van der Waals surface area (Å²) in [6.07, 6.45) is 4.08. The average Bonchev–Trinajstić information content (AvgIpc) is 3.28. The minimum Gasteiger partial charge on any atom is -0.457 e. The van der Waals surface area contributed by atoms with Gasteiger partial charge in [0.1, 0.15) is 21.2 Å². The molecule has 0 radical (unpaired) electrons. The van der Waals surface area contributed by atoms with Crippen LogP contribution in [0.5, 0.6) is 11.5 Å². The summed E-state index contributed by atoms with van der Waals surface area (Å²) in [5.41, 5.74) is 7.87. The second-order valence-corrected chi connectivity index (χ2v) is 10.1. The molecule has 2 aromatic heterocycles. The van der Waals surface area contributed by atoms with E-state index in [-0.39, 0.29) is 18.0 Å². The first-order chi connectivity index (χ1) is 18.0. The van der Waals surface area contributed by atoms with Crippen molar-refractivity contribution in [1.82, 2.24) is 10.3 Å². The number of hydrogen-bond acceptors (Lipinski definition) is 7. The Balaban J connectivity index is 1.36. The highest BCUT2D eigenvalue weighted by Crippen LogP contribution is 2.45. The first-order valence-electron chi connectivity index (χ1n) is 12.1. The fraction of sp³-hybridized carbons (Fsp3) is 0.222. The van der Waals surface area contributed by atoms with E-state index in [4.69, 9.17) is 10.5 Å². The van der Waals surface area contributed by atoms with Gasteiger partial charge in [-0.3, -0.25) is 9.69 Å². The molecule has 1 atom stereocenters. The van der Waals surface area contributed by atoms with Crippen molar-refractivity contribution >= 4 is 63.2 Å². The number of hydrogen-bond donors (Lipinski definition) is 4. The molecule has 0 bridgehead atoms. The minimum atomic E-state index is -0.345. The molecule has 0 saturated heterocycles. The Kier molecular flexibility index (Phi) is 7.59. The molecule has 10 heteroatoms. The zero-order valence-corrected chi connectivity index (χ0v) is 21.7. The molecular weight excluding hydrogens is 506 g/mol. The van der Waals surface area contributed by atoms with E-state index in [1.165, 1.54) is 11.3 Å². The predicted octanol–water partition coefficient (Wildman–Crippen LogP) is 5.93. The van der Waals surface area contributed by atoms with Gasteiger partial charge in [0, 0.05) is 18.8 Å². The SMILES string of the molecule is N[C@@H](CCS)CCCNC(=O)c1sc2nccc3c2c1NC(=O)N3c1ccc(Oc2ccccc2)cc1. The van der Waals surface area contributed by atoms with E-state index < -0.39 is 0 Å². The number of pyridine rings is 1. The maximum absolute atomic E-state index is 13.3. The number of aromatic nitrogens is 1. The number of thiophene rings is 1. The Labute approximate surface area is 224 Å². The third-order valence-electron chi connectivity index (χ3n) is 6.06. The van der Waals surface area contributed by atoms with Gasteiger partial charge in [-0.2, -0.15) is 12.6 Å². The quantitative estimate of drug-likeness (QED) is 0.149. The Morgan fingerprint density at radius 3 is 2.62 bits per heavy atom. The maximum atomic E-state index is 13.3. The van der Waals surface area contributed by atoms with Gasteiger partial charge < -0.3 is 21.1 Å². The lowest BCUT2D eigenvalue weighted by atomic mass is 10.1. The van der Waals surface area contributed by atoms with Crippen LogP contribution in [0.25, 0.3) is 10.2 Å². The molecular formula is C27H27N5O3S2. The maximum Gasteiger partial charge on any atom is 0.331 e. The van der Waals surface area contributed by atoms with Crippen molar-refractivity contribution in [2.75, 3.05) is 22.5 Å². The number of nitrogens with one attached hydrogen (secondary N) is 2. The highest BCUT2D eigenvalue weighted by molar-refractivity contribution is 7.80. The summed E-state index contributed by atoms with van der Waals surface area (Å²) in [6.45, 7) is 0.505. The summed E-state index contributed by atoms with van der Waals surface area (Å²) >= 11 is 5.47. The van der Waals surface area contributed by atoms with E-state index in [1.54, 1.807) is 17.2 Å². The number of amides is 3. The fourth-order valence-corrected chi connectivity index (χ4v) is 5.61. The number of carbonyl (C=O) groups is 2. The van der Waals surface area contributed by atoms with Gasteiger partial charge in [-0.15, -0.1) is 11.3 Å². The van der Waals surface area contributed by atoms with Crippen LogP contribution in [-0.2, 0) is 0 Å². The summed E-state index contributed by atoms with van der Waals surface area (Å²) in [7, 11) is 0. The standard InChI is InChI=1S/C27H27N5O3S2/c28-17(13-16-36)5-4-14-29-25(33)24-23-22-21(12-15-30-26(22)37-24)32(27(34)31-23)18-8-10-20(11-9-18)35-19-6-2-1-3-7-19/h1-3,6-12,15,17,36H,4-5,13-14,16,28H2,(H,29,33)(H,31,34)/t17-/m1/s1. The number of thiol groups is 1. The fourth-order valence-electron chi connectivity index (χ4n) is 4.25. The number of urea groups is 1. The van der Waals surface area contributed by atoms with Crippen molar-refractivity contribution in [2.24, 2.45) is 5.73 Å². The molecule has 0 unspecified atom stereocenters. The van der Waals surface area contributed by atoms with Crippen LogP contribution in [0, 0.1) is 0 Å². The molecule has 37 heavy (non-hydrogen) atoms. The smallest absolute Gasteiger partial charge is 0.331 e. The van der Waals surface area contributed by atoms with Crippen LogP contribution in [0.15, 0.2) is 66.9 Å². The Hall–Kier alpha value is -3.60. The Morgan fingerprint density at radius 2 is 1.86 bits per heavy atom. The zero-order valence-electron chi connectivity index (χ0n) is 20.0. The van der Waals surface area contributed by atoms with Gasteiger partial charge in [0.15, 0.2) is 0 Å². The number of nitrogens with zero attached hydrogens (tertiary/aromatic N) is 2. The summed E-state index contributed by atoms with van der Waals surface area (Å²) in [6, 6.07) is 18.3. The molecule has 3 amide bonds. The number of carbonyl (C=O) groups excluding carboxylic acids is 2. The predicted molar refractivity (Wildman–Crippen MR) is 152 cm³/mol. The van der Waals surface area contributed by atoms with Crippen molar-refractivity contribution < 1.29 is 14.3 Å². The lowest BCUT2D eigenvalue weighted by Crippen LogP contribution is -2.34.